The zero-order valence-electron chi connectivity index (χ0n) is 15.2. The number of rotatable bonds is 8. The van der Waals surface area contributed by atoms with Crippen LogP contribution in [0.25, 0.3) is 0 Å². The molecule has 6 heteroatoms. The minimum absolute atomic E-state index is 0.156. The quantitative estimate of drug-likeness (QED) is 0.739. The second-order valence-corrected chi connectivity index (χ2v) is 6.48. The highest BCUT2D eigenvalue weighted by Crippen LogP contribution is 2.09. The van der Waals surface area contributed by atoms with Gasteiger partial charge >= 0.3 is 12.1 Å². The second kappa shape index (κ2) is 9.93. The Balaban J connectivity index is 2.50. The normalized spacial score (nSPS) is 12.1. The van der Waals surface area contributed by atoms with Crippen LogP contribution < -0.4 is 5.32 Å². The first-order valence-corrected chi connectivity index (χ1v) is 8.05. The van der Waals surface area contributed by atoms with Gasteiger partial charge in [-0.1, -0.05) is 38.1 Å². The molecule has 0 unspecified atom stereocenters. The largest absolute Gasteiger partial charge is 0.467 e. The van der Waals surface area contributed by atoms with Crippen molar-refractivity contribution < 1.29 is 19.1 Å². The Morgan fingerprint density at radius 2 is 1.71 bits per heavy atom. The van der Waals surface area contributed by atoms with E-state index in [1.807, 2.05) is 52.2 Å². The second-order valence-electron chi connectivity index (χ2n) is 6.48. The van der Waals surface area contributed by atoms with Gasteiger partial charge in [-0.05, 0) is 37.6 Å². The summed E-state index contributed by atoms with van der Waals surface area (Å²) in [5, 5.41) is 2.56. The number of alkyl carbamates (subject to hydrolysis) is 1. The number of esters is 1. The molecule has 0 spiro atoms. The standard InChI is InChI=1S/C18H28N2O4/c1-13(2)10-16(17(21)23-5)19-18(22)24-12-15-8-6-14(7-9-15)11-20(3)4/h6-9,13,16H,10-12H2,1-5H3,(H,19,22)/t16-/m0/s1. The SMILES string of the molecule is COC(=O)[C@H](CC(C)C)NC(=O)OCc1ccc(CN(C)C)cc1. The number of methoxy groups -OCH3 is 1. The highest BCUT2D eigenvalue weighted by Gasteiger charge is 2.23. The maximum absolute atomic E-state index is 11.9. The van der Waals surface area contributed by atoms with Crippen LogP contribution in [0.1, 0.15) is 31.4 Å². The molecule has 1 amide bonds. The number of nitrogens with zero attached hydrogens (tertiary/aromatic N) is 1. The van der Waals surface area contributed by atoms with Crippen molar-refractivity contribution in [3.8, 4) is 0 Å². The van der Waals surface area contributed by atoms with Crippen LogP contribution in [-0.4, -0.2) is 44.2 Å². The number of carbonyl (C=O) groups is 2. The Labute approximate surface area is 144 Å². The third-order valence-electron chi connectivity index (χ3n) is 3.38. The van der Waals surface area contributed by atoms with Crippen molar-refractivity contribution in [2.45, 2.75) is 39.5 Å². The number of amides is 1. The zero-order chi connectivity index (χ0) is 18.1. The molecule has 1 aromatic rings. The molecule has 134 valence electrons. The Bertz CT molecular complexity index is 526. The van der Waals surface area contributed by atoms with Crippen LogP contribution in [0, 0.1) is 5.92 Å². The van der Waals surface area contributed by atoms with Gasteiger partial charge in [0, 0.05) is 6.54 Å². The summed E-state index contributed by atoms with van der Waals surface area (Å²) in [6, 6.07) is 7.18. The van der Waals surface area contributed by atoms with E-state index in [0.29, 0.717) is 6.42 Å². The monoisotopic (exact) mass is 336 g/mol. The van der Waals surface area contributed by atoms with Gasteiger partial charge in [-0.25, -0.2) is 9.59 Å². The third-order valence-corrected chi connectivity index (χ3v) is 3.38. The van der Waals surface area contributed by atoms with Crippen molar-refractivity contribution in [3.63, 3.8) is 0 Å². The van der Waals surface area contributed by atoms with Gasteiger partial charge in [-0.2, -0.15) is 0 Å². The van der Waals surface area contributed by atoms with Gasteiger partial charge in [0.25, 0.3) is 0 Å². The molecule has 0 aliphatic carbocycles. The van der Waals surface area contributed by atoms with Gasteiger partial charge in [0.1, 0.15) is 12.6 Å². The summed E-state index contributed by atoms with van der Waals surface area (Å²) in [4.78, 5) is 25.7. The molecule has 0 aliphatic rings. The molecule has 24 heavy (non-hydrogen) atoms. The minimum Gasteiger partial charge on any atom is -0.467 e. The minimum atomic E-state index is -0.690. The fraction of sp³-hybridized carbons (Fsp3) is 0.556. The molecule has 1 N–H and O–H groups in total. The first kappa shape index (κ1) is 20.0. The van der Waals surface area contributed by atoms with E-state index in [0.717, 1.165) is 12.1 Å². The van der Waals surface area contributed by atoms with E-state index in [2.05, 4.69) is 10.2 Å². The Morgan fingerprint density at radius 3 is 2.21 bits per heavy atom. The van der Waals surface area contributed by atoms with Crippen LogP contribution in [0.15, 0.2) is 24.3 Å². The van der Waals surface area contributed by atoms with Gasteiger partial charge in [-0.3, -0.25) is 0 Å². The average Bonchev–Trinajstić information content (AvgIpc) is 2.52. The maximum atomic E-state index is 11.9. The molecule has 1 rings (SSSR count). The molecule has 0 bridgehead atoms. The lowest BCUT2D eigenvalue weighted by atomic mass is 10.0. The van der Waals surface area contributed by atoms with E-state index in [1.165, 1.54) is 12.7 Å². The zero-order valence-corrected chi connectivity index (χ0v) is 15.2. The van der Waals surface area contributed by atoms with Crippen LogP contribution >= 0.6 is 0 Å². The van der Waals surface area contributed by atoms with E-state index in [-0.39, 0.29) is 12.5 Å². The fourth-order valence-corrected chi connectivity index (χ4v) is 2.27. The number of hydrogen-bond acceptors (Lipinski definition) is 5. The summed E-state index contributed by atoms with van der Waals surface area (Å²) in [7, 11) is 5.32. The summed E-state index contributed by atoms with van der Waals surface area (Å²) >= 11 is 0. The van der Waals surface area contributed by atoms with Gasteiger partial charge in [0.05, 0.1) is 7.11 Å². The average molecular weight is 336 g/mol. The Hall–Kier alpha value is -2.08. The van der Waals surface area contributed by atoms with Crippen molar-refractivity contribution in [1.29, 1.82) is 0 Å². The smallest absolute Gasteiger partial charge is 0.408 e. The molecular formula is C18H28N2O4. The van der Waals surface area contributed by atoms with Crippen molar-refractivity contribution in [2.75, 3.05) is 21.2 Å². The molecular weight excluding hydrogens is 308 g/mol. The van der Waals surface area contributed by atoms with Crippen molar-refractivity contribution in [2.24, 2.45) is 5.92 Å². The van der Waals surface area contributed by atoms with E-state index < -0.39 is 18.1 Å². The highest BCUT2D eigenvalue weighted by molar-refractivity contribution is 5.81. The first-order chi connectivity index (χ1) is 11.3. The number of hydrogen-bond donors (Lipinski definition) is 1. The predicted octanol–water partition coefficient (Wildman–Crippen LogP) is 2.56. The van der Waals surface area contributed by atoms with E-state index in [4.69, 9.17) is 9.47 Å². The summed E-state index contributed by atoms with van der Waals surface area (Å²) in [5.74, 6) is -0.215. The van der Waals surface area contributed by atoms with E-state index in [1.54, 1.807) is 0 Å². The van der Waals surface area contributed by atoms with Gasteiger partial charge < -0.3 is 19.7 Å². The molecule has 0 saturated carbocycles. The summed E-state index contributed by atoms with van der Waals surface area (Å²) < 4.78 is 9.90. The molecule has 6 nitrogen and oxygen atoms in total. The highest BCUT2D eigenvalue weighted by atomic mass is 16.6. The molecule has 1 atom stereocenters. The first-order valence-electron chi connectivity index (χ1n) is 8.05. The van der Waals surface area contributed by atoms with Crippen molar-refractivity contribution in [1.82, 2.24) is 10.2 Å². The van der Waals surface area contributed by atoms with Crippen LogP contribution in [0.5, 0.6) is 0 Å². The predicted molar refractivity (Wildman–Crippen MR) is 92.4 cm³/mol. The van der Waals surface area contributed by atoms with Crippen molar-refractivity contribution in [3.05, 3.63) is 35.4 Å². The van der Waals surface area contributed by atoms with E-state index >= 15 is 0 Å². The summed E-state index contributed by atoms with van der Waals surface area (Å²) in [6.45, 7) is 4.96. The van der Waals surface area contributed by atoms with Crippen molar-refractivity contribution >= 4 is 12.1 Å². The van der Waals surface area contributed by atoms with Gasteiger partial charge in [0.15, 0.2) is 0 Å². The van der Waals surface area contributed by atoms with Crippen LogP contribution in [-0.2, 0) is 27.4 Å². The topological polar surface area (TPSA) is 67.9 Å². The number of nitrogens with one attached hydrogen (secondary N) is 1. The Kier molecular flexibility index (Phi) is 8.26. The number of benzene rings is 1. The lowest BCUT2D eigenvalue weighted by molar-refractivity contribution is -0.143. The lowest BCUT2D eigenvalue weighted by Gasteiger charge is -2.18. The summed E-state index contributed by atoms with van der Waals surface area (Å²) in [6.07, 6.45) is -0.121. The number of ether oxygens (including phenoxy) is 2. The maximum Gasteiger partial charge on any atom is 0.408 e. The lowest BCUT2D eigenvalue weighted by Crippen LogP contribution is -2.42. The summed E-state index contributed by atoms with van der Waals surface area (Å²) in [5.41, 5.74) is 2.09. The van der Waals surface area contributed by atoms with Crippen LogP contribution in [0.2, 0.25) is 0 Å². The number of carbonyl (C=O) groups excluding carboxylic acids is 2. The van der Waals surface area contributed by atoms with E-state index in [9.17, 15) is 9.59 Å². The Morgan fingerprint density at radius 1 is 1.12 bits per heavy atom. The third kappa shape index (κ3) is 7.46. The molecule has 1 aromatic carbocycles. The molecule has 0 saturated heterocycles. The van der Waals surface area contributed by atoms with Crippen LogP contribution in [0.3, 0.4) is 0 Å². The molecule has 0 radical (unpaired) electrons. The fourth-order valence-electron chi connectivity index (χ4n) is 2.27. The molecule has 0 aromatic heterocycles. The molecule has 0 aliphatic heterocycles. The molecule has 0 heterocycles. The van der Waals surface area contributed by atoms with Gasteiger partial charge in [0.2, 0.25) is 0 Å². The molecule has 0 fully saturated rings. The van der Waals surface area contributed by atoms with Gasteiger partial charge in [-0.15, -0.1) is 0 Å². The van der Waals surface area contributed by atoms with Crippen LogP contribution in [0.4, 0.5) is 4.79 Å².